The third-order valence-corrected chi connectivity index (χ3v) is 6.01. The Balaban J connectivity index is 0.00000182. The van der Waals surface area contributed by atoms with Crippen molar-refractivity contribution < 1.29 is 13.2 Å². The van der Waals surface area contributed by atoms with Gasteiger partial charge in [0.2, 0.25) is 0 Å². The molecular weight excluding hydrogens is 362 g/mol. The molecule has 25 heavy (non-hydrogen) atoms. The topological polar surface area (TPSA) is 61.9 Å². The van der Waals surface area contributed by atoms with Gasteiger partial charge < -0.3 is 10.1 Å². The molecular formula is C17H20ClN3O3S. The van der Waals surface area contributed by atoms with E-state index in [2.05, 4.69) is 5.32 Å². The van der Waals surface area contributed by atoms with E-state index in [1.807, 2.05) is 42.5 Å². The molecule has 0 aromatic heterocycles. The number of ether oxygens (including phenoxy) is 1. The number of nitrogens with zero attached hydrogens (tertiary/aromatic N) is 2. The Morgan fingerprint density at radius 1 is 1.04 bits per heavy atom. The molecule has 2 aliphatic heterocycles. The van der Waals surface area contributed by atoms with Gasteiger partial charge in [-0.25, -0.2) is 8.61 Å². The number of nitrogens with one attached hydrogen (secondary N) is 1. The monoisotopic (exact) mass is 381 g/mol. The SMILES string of the molecule is Cl.O=S1(=O)N(CC2CNCCO2)c2ccccc2N1c1ccccc1. The van der Waals surface area contributed by atoms with Gasteiger partial charge in [0, 0.05) is 13.1 Å². The van der Waals surface area contributed by atoms with Gasteiger partial charge in [-0.1, -0.05) is 30.3 Å². The quantitative estimate of drug-likeness (QED) is 0.886. The second kappa shape index (κ2) is 7.21. The van der Waals surface area contributed by atoms with Crippen molar-refractivity contribution in [3.05, 3.63) is 54.6 Å². The highest BCUT2D eigenvalue weighted by molar-refractivity contribution is 7.95. The lowest BCUT2D eigenvalue weighted by molar-refractivity contribution is 0.0353. The van der Waals surface area contributed by atoms with Crippen molar-refractivity contribution in [1.82, 2.24) is 5.32 Å². The molecule has 2 aliphatic rings. The van der Waals surface area contributed by atoms with Gasteiger partial charge in [0.05, 0.1) is 36.3 Å². The first-order valence-corrected chi connectivity index (χ1v) is 9.37. The molecule has 0 spiro atoms. The van der Waals surface area contributed by atoms with Crippen LogP contribution in [0.5, 0.6) is 0 Å². The maximum absolute atomic E-state index is 13.2. The van der Waals surface area contributed by atoms with Crippen LogP contribution in [0.1, 0.15) is 0 Å². The number of para-hydroxylation sites is 3. The van der Waals surface area contributed by atoms with Crippen LogP contribution in [0.25, 0.3) is 0 Å². The Morgan fingerprint density at radius 3 is 2.40 bits per heavy atom. The number of morpholine rings is 1. The minimum absolute atomic E-state index is 0. The number of rotatable bonds is 3. The minimum Gasteiger partial charge on any atom is -0.374 e. The van der Waals surface area contributed by atoms with Crippen molar-refractivity contribution in [3.63, 3.8) is 0 Å². The average Bonchev–Trinajstić information content (AvgIpc) is 2.84. The lowest BCUT2D eigenvalue weighted by Gasteiger charge is -2.28. The summed E-state index contributed by atoms with van der Waals surface area (Å²) in [6, 6.07) is 16.5. The first-order valence-electron chi connectivity index (χ1n) is 7.97. The predicted octanol–water partition coefficient (Wildman–Crippen LogP) is 2.30. The summed E-state index contributed by atoms with van der Waals surface area (Å²) in [6.07, 6.45) is -0.155. The molecule has 134 valence electrons. The number of hydrogen-bond donors (Lipinski definition) is 1. The van der Waals surface area contributed by atoms with Crippen molar-refractivity contribution in [3.8, 4) is 0 Å². The summed E-state index contributed by atoms with van der Waals surface area (Å²) >= 11 is 0. The summed E-state index contributed by atoms with van der Waals surface area (Å²) in [5.74, 6) is 0. The largest absolute Gasteiger partial charge is 0.374 e. The highest BCUT2D eigenvalue weighted by Gasteiger charge is 2.42. The fourth-order valence-corrected chi connectivity index (χ4v) is 4.89. The maximum atomic E-state index is 13.2. The molecule has 1 N–H and O–H groups in total. The Labute approximate surface area is 154 Å². The standard InChI is InChI=1S/C17H19N3O3S.ClH/c21-24(22)19(13-15-12-18-10-11-23-15)16-8-4-5-9-17(16)20(24)14-6-2-1-3-7-14;/h1-9,15,18H,10-13H2;1H. The predicted molar refractivity (Wildman–Crippen MR) is 101 cm³/mol. The maximum Gasteiger partial charge on any atom is 0.331 e. The van der Waals surface area contributed by atoms with Gasteiger partial charge in [-0.05, 0) is 24.3 Å². The van der Waals surface area contributed by atoms with E-state index in [4.69, 9.17) is 4.74 Å². The molecule has 2 aromatic rings. The molecule has 0 bridgehead atoms. The average molecular weight is 382 g/mol. The van der Waals surface area contributed by atoms with E-state index in [1.165, 1.54) is 8.61 Å². The van der Waals surface area contributed by atoms with Crippen molar-refractivity contribution in [2.24, 2.45) is 0 Å². The van der Waals surface area contributed by atoms with Gasteiger partial charge in [0.25, 0.3) is 0 Å². The molecule has 6 nitrogen and oxygen atoms in total. The van der Waals surface area contributed by atoms with Crippen LogP contribution in [-0.2, 0) is 14.9 Å². The summed E-state index contributed by atoms with van der Waals surface area (Å²) in [5, 5.41) is 3.24. The molecule has 8 heteroatoms. The number of anilines is 3. The fraction of sp³-hybridized carbons (Fsp3) is 0.294. The Bertz CT molecular complexity index is 826. The van der Waals surface area contributed by atoms with Gasteiger partial charge in [0.1, 0.15) is 0 Å². The zero-order valence-electron chi connectivity index (χ0n) is 13.5. The van der Waals surface area contributed by atoms with Crippen LogP contribution in [0, 0.1) is 0 Å². The van der Waals surface area contributed by atoms with E-state index >= 15 is 0 Å². The van der Waals surface area contributed by atoms with Crippen LogP contribution in [0.15, 0.2) is 54.6 Å². The molecule has 0 radical (unpaired) electrons. The molecule has 0 aliphatic carbocycles. The lowest BCUT2D eigenvalue weighted by Crippen LogP contribution is -2.47. The summed E-state index contributed by atoms with van der Waals surface area (Å²) in [4.78, 5) is 0. The number of fused-ring (bicyclic) bond motifs is 1. The summed E-state index contributed by atoms with van der Waals surface area (Å²) in [6.45, 7) is 2.35. The second-order valence-electron chi connectivity index (χ2n) is 5.82. The molecule has 1 unspecified atom stereocenters. The van der Waals surface area contributed by atoms with Crippen molar-refractivity contribution in [2.45, 2.75) is 6.10 Å². The first kappa shape index (κ1) is 18.0. The summed E-state index contributed by atoms with van der Waals surface area (Å²) in [5.41, 5.74) is 2.00. The normalized spacial score (nSPS) is 21.5. The number of hydrogen-bond acceptors (Lipinski definition) is 4. The van der Waals surface area contributed by atoms with E-state index < -0.39 is 10.2 Å². The third kappa shape index (κ3) is 3.20. The van der Waals surface area contributed by atoms with Crippen LogP contribution in [0.3, 0.4) is 0 Å². The Morgan fingerprint density at radius 2 is 1.72 bits per heavy atom. The smallest absolute Gasteiger partial charge is 0.331 e. The van der Waals surface area contributed by atoms with Gasteiger partial charge >= 0.3 is 10.2 Å². The van der Waals surface area contributed by atoms with E-state index in [0.717, 1.165) is 6.54 Å². The summed E-state index contributed by atoms with van der Waals surface area (Å²) in [7, 11) is -3.68. The third-order valence-electron chi connectivity index (χ3n) is 4.24. The van der Waals surface area contributed by atoms with Crippen molar-refractivity contribution >= 4 is 39.7 Å². The number of benzene rings is 2. The highest BCUT2D eigenvalue weighted by Crippen LogP contribution is 2.45. The number of halogens is 1. The van der Waals surface area contributed by atoms with E-state index in [9.17, 15) is 8.42 Å². The highest BCUT2D eigenvalue weighted by atomic mass is 35.5. The molecule has 1 saturated heterocycles. The fourth-order valence-electron chi connectivity index (χ4n) is 3.14. The zero-order valence-corrected chi connectivity index (χ0v) is 15.2. The Kier molecular flexibility index (Phi) is 5.19. The second-order valence-corrected chi connectivity index (χ2v) is 7.53. The van der Waals surface area contributed by atoms with Crippen LogP contribution in [0.2, 0.25) is 0 Å². The summed E-state index contributed by atoms with van der Waals surface area (Å²) < 4.78 is 35.0. The van der Waals surface area contributed by atoms with E-state index in [1.54, 1.807) is 12.1 Å². The Hall–Kier alpha value is -1.80. The molecule has 0 amide bonds. The molecule has 0 saturated carbocycles. The van der Waals surface area contributed by atoms with Crippen LogP contribution in [0.4, 0.5) is 17.1 Å². The van der Waals surface area contributed by atoms with E-state index in [0.29, 0.717) is 36.8 Å². The molecule has 1 fully saturated rings. The van der Waals surface area contributed by atoms with Gasteiger partial charge in [-0.15, -0.1) is 12.4 Å². The molecule has 4 rings (SSSR count). The minimum atomic E-state index is -3.68. The molecule has 1 atom stereocenters. The molecule has 2 heterocycles. The molecule has 2 aromatic carbocycles. The van der Waals surface area contributed by atoms with Crippen LogP contribution < -0.4 is 13.9 Å². The van der Waals surface area contributed by atoms with Gasteiger partial charge in [0.15, 0.2) is 0 Å². The van der Waals surface area contributed by atoms with Crippen molar-refractivity contribution in [2.75, 3.05) is 34.9 Å². The van der Waals surface area contributed by atoms with Gasteiger partial charge in [-0.2, -0.15) is 8.42 Å². The van der Waals surface area contributed by atoms with Gasteiger partial charge in [-0.3, -0.25) is 0 Å². The first-order chi connectivity index (χ1) is 11.7. The van der Waals surface area contributed by atoms with Crippen LogP contribution in [-0.4, -0.2) is 40.8 Å². The lowest BCUT2D eigenvalue weighted by atomic mass is 10.2. The zero-order chi connectivity index (χ0) is 16.6. The van der Waals surface area contributed by atoms with E-state index in [-0.39, 0.29) is 18.5 Å². The van der Waals surface area contributed by atoms with Crippen molar-refractivity contribution in [1.29, 1.82) is 0 Å². The van der Waals surface area contributed by atoms with Crippen LogP contribution >= 0.6 is 12.4 Å².